The quantitative estimate of drug-likeness (QED) is 0.420. The lowest BCUT2D eigenvalue weighted by molar-refractivity contribution is -0.171. The number of hydrogen-bond acceptors (Lipinski definition) is 5. The number of benzene rings is 3. The van der Waals surface area contributed by atoms with Crippen LogP contribution < -0.4 is 9.47 Å². The molecule has 34 heavy (non-hydrogen) atoms. The molecule has 0 radical (unpaired) electrons. The van der Waals surface area contributed by atoms with Crippen molar-refractivity contribution in [1.82, 2.24) is 0 Å². The number of fused-ring (bicyclic) bond motifs is 5. The molecule has 0 saturated heterocycles. The van der Waals surface area contributed by atoms with Crippen molar-refractivity contribution in [3.8, 4) is 22.6 Å². The Labute approximate surface area is 199 Å². The third-order valence-corrected chi connectivity index (χ3v) is 6.25. The Balaban J connectivity index is 1.82. The molecule has 2 heterocycles. The molecule has 0 amide bonds. The normalized spacial score (nSPS) is 18.1. The van der Waals surface area contributed by atoms with Gasteiger partial charge in [0.15, 0.2) is 5.75 Å². The maximum absolute atomic E-state index is 13.6. The average Bonchev–Trinajstić information content (AvgIpc) is 2.79. The van der Waals surface area contributed by atoms with Crippen LogP contribution in [0.3, 0.4) is 0 Å². The molecule has 5 rings (SSSR count). The van der Waals surface area contributed by atoms with E-state index in [2.05, 4.69) is 6.58 Å². The van der Waals surface area contributed by atoms with Gasteiger partial charge in [-0.15, -0.1) is 0 Å². The lowest BCUT2D eigenvalue weighted by atomic mass is 9.87. The topological polar surface area (TPSA) is 61.8 Å². The molecule has 0 spiro atoms. The molecule has 5 heteroatoms. The standard InChI is InChI=1S/C29H26O5/c1-5-9-20-15-24-26(23-14-17(2)12-13-22(23)19(4)32-24)27-25(20)28(31)34-29(33-27,16-18(3)30)21-10-7-6-8-11-21/h6-8,10-15H,4-5,9,16H2,1-3H3. The number of rotatable bonds is 5. The molecule has 0 aromatic heterocycles. The number of carbonyl (C=O) groups is 2. The third-order valence-electron chi connectivity index (χ3n) is 6.25. The van der Waals surface area contributed by atoms with Gasteiger partial charge >= 0.3 is 5.97 Å². The van der Waals surface area contributed by atoms with E-state index in [0.717, 1.165) is 28.7 Å². The van der Waals surface area contributed by atoms with E-state index in [1.54, 1.807) is 12.1 Å². The number of esters is 1. The second kappa shape index (κ2) is 8.17. The number of ketones is 1. The second-order valence-electron chi connectivity index (χ2n) is 8.93. The minimum Gasteiger partial charge on any atom is -0.457 e. The summed E-state index contributed by atoms with van der Waals surface area (Å²) in [5, 5.41) is 0. The van der Waals surface area contributed by atoms with E-state index < -0.39 is 11.8 Å². The van der Waals surface area contributed by atoms with Crippen molar-refractivity contribution in [1.29, 1.82) is 0 Å². The van der Waals surface area contributed by atoms with Crippen LogP contribution in [0.5, 0.6) is 11.5 Å². The lowest BCUT2D eigenvalue weighted by Gasteiger charge is -2.40. The van der Waals surface area contributed by atoms with Crippen LogP contribution in [0.4, 0.5) is 0 Å². The van der Waals surface area contributed by atoms with Gasteiger partial charge in [-0.25, -0.2) is 4.79 Å². The second-order valence-corrected chi connectivity index (χ2v) is 8.93. The highest BCUT2D eigenvalue weighted by atomic mass is 16.7. The molecule has 0 bridgehead atoms. The van der Waals surface area contributed by atoms with Crippen molar-refractivity contribution in [2.45, 2.75) is 45.8 Å². The van der Waals surface area contributed by atoms with Crippen LogP contribution >= 0.6 is 0 Å². The molecule has 172 valence electrons. The fourth-order valence-corrected chi connectivity index (χ4v) is 4.81. The first-order valence-electron chi connectivity index (χ1n) is 11.5. The van der Waals surface area contributed by atoms with Crippen LogP contribution in [0.1, 0.15) is 59.3 Å². The Morgan fingerprint density at radius 2 is 1.76 bits per heavy atom. The predicted octanol–water partition coefficient (Wildman–Crippen LogP) is 6.36. The molecule has 0 saturated carbocycles. The van der Waals surface area contributed by atoms with Crippen LogP contribution in [0, 0.1) is 6.92 Å². The van der Waals surface area contributed by atoms with E-state index in [9.17, 15) is 9.59 Å². The zero-order chi connectivity index (χ0) is 24.0. The highest BCUT2D eigenvalue weighted by Crippen LogP contribution is 2.53. The molecule has 2 aliphatic heterocycles. The largest absolute Gasteiger partial charge is 0.457 e. The van der Waals surface area contributed by atoms with E-state index in [1.807, 2.05) is 56.3 Å². The van der Waals surface area contributed by atoms with Crippen LogP contribution in [0.15, 0.2) is 61.2 Å². The first-order chi connectivity index (χ1) is 16.3. The molecule has 3 aromatic carbocycles. The summed E-state index contributed by atoms with van der Waals surface area (Å²) in [5.74, 6) is -0.697. The van der Waals surface area contributed by atoms with Crippen molar-refractivity contribution < 1.29 is 23.8 Å². The smallest absolute Gasteiger partial charge is 0.345 e. The molecule has 0 fully saturated rings. The highest BCUT2D eigenvalue weighted by molar-refractivity contribution is 6.02. The van der Waals surface area contributed by atoms with Crippen LogP contribution in [0.25, 0.3) is 16.9 Å². The Morgan fingerprint density at radius 1 is 1.00 bits per heavy atom. The van der Waals surface area contributed by atoms with Crippen LogP contribution in [-0.2, 0) is 21.7 Å². The van der Waals surface area contributed by atoms with Gasteiger partial charge in [0.05, 0.1) is 12.0 Å². The Kier molecular flexibility index (Phi) is 5.28. The first kappa shape index (κ1) is 22.0. The average molecular weight is 455 g/mol. The van der Waals surface area contributed by atoms with Crippen molar-refractivity contribution in [2.75, 3.05) is 0 Å². The fraction of sp³-hybridized carbons (Fsp3) is 0.241. The van der Waals surface area contributed by atoms with Gasteiger partial charge in [0.1, 0.15) is 22.9 Å². The number of hydrogen-bond donors (Lipinski definition) is 0. The van der Waals surface area contributed by atoms with Gasteiger partial charge in [0.2, 0.25) is 0 Å². The monoisotopic (exact) mass is 454 g/mol. The van der Waals surface area contributed by atoms with Gasteiger partial charge in [-0.2, -0.15) is 0 Å². The Hall–Kier alpha value is -3.86. The summed E-state index contributed by atoms with van der Waals surface area (Å²) in [5.41, 5.74) is 5.23. The number of carbonyl (C=O) groups excluding carboxylic acids is 2. The number of Topliss-reactive ketones (excluding diaryl/α,β-unsaturated/α-hetero) is 1. The number of ether oxygens (including phenoxy) is 3. The molecule has 5 nitrogen and oxygen atoms in total. The van der Waals surface area contributed by atoms with Gasteiger partial charge in [-0.05, 0) is 31.9 Å². The zero-order valence-corrected chi connectivity index (χ0v) is 19.6. The van der Waals surface area contributed by atoms with Gasteiger partial charge in [-0.1, -0.05) is 74.0 Å². The van der Waals surface area contributed by atoms with Crippen molar-refractivity contribution >= 4 is 17.5 Å². The van der Waals surface area contributed by atoms with Crippen LogP contribution in [0.2, 0.25) is 0 Å². The fourth-order valence-electron chi connectivity index (χ4n) is 4.81. The van der Waals surface area contributed by atoms with Gasteiger partial charge in [0.25, 0.3) is 5.79 Å². The summed E-state index contributed by atoms with van der Waals surface area (Å²) >= 11 is 0. The number of aryl methyl sites for hydroxylation is 2. The molecule has 0 N–H and O–H groups in total. The predicted molar refractivity (Wildman–Crippen MR) is 130 cm³/mol. The highest BCUT2D eigenvalue weighted by Gasteiger charge is 2.48. The SMILES string of the molecule is C=C1Oc2cc(CCC)c3c(c2-c2cc(C)ccc21)OC(CC(C)=O)(c1ccccc1)OC3=O. The molecule has 1 atom stereocenters. The summed E-state index contributed by atoms with van der Waals surface area (Å²) in [6, 6.07) is 17.0. The van der Waals surface area contributed by atoms with Crippen LogP contribution in [-0.4, -0.2) is 11.8 Å². The molecule has 3 aromatic rings. The van der Waals surface area contributed by atoms with Crippen molar-refractivity contribution in [3.63, 3.8) is 0 Å². The molecular weight excluding hydrogens is 428 g/mol. The lowest BCUT2D eigenvalue weighted by Crippen LogP contribution is -2.44. The summed E-state index contributed by atoms with van der Waals surface area (Å²) < 4.78 is 18.7. The summed E-state index contributed by atoms with van der Waals surface area (Å²) in [6.07, 6.45) is 1.37. The van der Waals surface area contributed by atoms with Gasteiger partial charge < -0.3 is 14.2 Å². The van der Waals surface area contributed by atoms with E-state index in [1.165, 1.54) is 6.92 Å². The van der Waals surface area contributed by atoms with Gasteiger partial charge in [0, 0.05) is 16.7 Å². The number of cyclic esters (lactones) is 1. The molecule has 0 aliphatic carbocycles. The Bertz CT molecular complexity index is 1340. The minimum absolute atomic E-state index is 0.108. The van der Waals surface area contributed by atoms with E-state index >= 15 is 0 Å². The third kappa shape index (κ3) is 3.48. The molecular formula is C29H26O5. The minimum atomic E-state index is -1.56. The van der Waals surface area contributed by atoms with E-state index in [4.69, 9.17) is 14.2 Å². The van der Waals surface area contributed by atoms with Crippen molar-refractivity contribution in [3.05, 3.63) is 89.0 Å². The maximum atomic E-state index is 13.6. The summed E-state index contributed by atoms with van der Waals surface area (Å²) in [4.78, 5) is 26.0. The molecule has 1 unspecified atom stereocenters. The van der Waals surface area contributed by atoms with Gasteiger partial charge in [-0.3, -0.25) is 4.79 Å². The van der Waals surface area contributed by atoms with E-state index in [0.29, 0.717) is 40.4 Å². The zero-order valence-electron chi connectivity index (χ0n) is 19.6. The summed E-state index contributed by atoms with van der Waals surface area (Å²) in [6.45, 7) is 9.62. The first-order valence-corrected chi connectivity index (χ1v) is 11.5. The summed E-state index contributed by atoms with van der Waals surface area (Å²) in [7, 11) is 0. The maximum Gasteiger partial charge on any atom is 0.345 e. The van der Waals surface area contributed by atoms with Crippen molar-refractivity contribution in [2.24, 2.45) is 0 Å². The van der Waals surface area contributed by atoms with E-state index in [-0.39, 0.29) is 12.2 Å². The molecule has 2 aliphatic rings. The Morgan fingerprint density at radius 3 is 2.47 bits per heavy atom.